The van der Waals surface area contributed by atoms with Crippen LogP contribution in [0.15, 0.2) is 42.5 Å². The summed E-state index contributed by atoms with van der Waals surface area (Å²) in [6, 6.07) is 15.8. The Balaban J connectivity index is 1.41. The van der Waals surface area contributed by atoms with Gasteiger partial charge in [-0.25, -0.2) is 0 Å². The van der Waals surface area contributed by atoms with Crippen molar-refractivity contribution in [2.24, 2.45) is 17.3 Å². The van der Waals surface area contributed by atoms with Crippen LogP contribution in [0.2, 0.25) is 5.02 Å². The first-order valence-electron chi connectivity index (χ1n) is 13.3. The molecule has 178 valence electrons. The van der Waals surface area contributed by atoms with E-state index < -0.39 is 0 Å². The molecule has 2 aromatic carbocycles. The van der Waals surface area contributed by atoms with Crippen molar-refractivity contribution in [3.05, 3.63) is 64.2 Å². The van der Waals surface area contributed by atoms with E-state index in [9.17, 15) is 0 Å². The predicted molar refractivity (Wildman–Crippen MR) is 139 cm³/mol. The van der Waals surface area contributed by atoms with Gasteiger partial charge in [0.05, 0.1) is 0 Å². The molecule has 2 aromatic rings. The maximum absolute atomic E-state index is 6.70. The van der Waals surface area contributed by atoms with Crippen LogP contribution in [0.5, 0.6) is 5.75 Å². The van der Waals surface area contributed by atoms with Crippen molar-refractivity contribution in [2.75, 3.05) is 26.2 Å². The van der Waals surface area contributed by atoms with Crippen molar-refractivity contribution in [3.8, 4) is 5.75 Å². The smallest absolute Gasteiger partial charge is 0.119 e. The molecular formula is C30H40ClNO. The summed E-state index contributed by atoms with van der Waals surface area (Å²) in [5.74, 6) is 3.81. The molecule has 0 heterocycles. The van der Waals surface area contributed by atoms with Gasteiger partial charge in [-0.1, -0.05) is 63.1 Å². The lowest BCUT2D eigenvalue weighted by Crippen LogP contribution is -2.43. The van der Waals surface area contributed by atoms with E-state index in [4.69, 9.17) is 16.3 Å². The molecule has 0 amide bonds. The molecule has 0 spiro atoms. The number of benzene rings is 2. The maximum atomic E-state index is 6.70. The summed E-state index contributed by atoms with van der Waals surface area (Å²) in [5.41, 5.74) is 4.93. The Morgan fingerprint density at radius 3 is 2.61 bits per heavy atom. The Kier molecular flexibility index (Phi) is 6.78. The molecule has 0 saturated heterocycles. The molecule has 2 fully saturated rings. The Hall–Kier alpha value is -1.51. The van der Waals surface area contributed by atoms with Crippen LogP contribution in [0.3, 0.4) is 0 Å². The average Bonchev–Trinajstić information content (AvgIpc) is 3.23. The fourth-order valence-electron chi connectivity index (χ4n) is 7.68. The SMILES string of the molecule is CCN(CC)CCOc1ccc([C@H]2C[C@]3(C)CCC[C@H]3[C@@H]3CCc4c(Cl)cccc4[C@H]32)cc1. The maximum Gasteiger partial charge on any atom is 0.119 e. The van der Waals surface area contributed by atoms with Gasteiger partial charge in [-0.2, -0.15) is 0 Å². The molecule has 2 saturated carbocycles. The Bertz CT molecular complexity index is 952. The van der Waals surface area contributed by atoms with Crippen molar-refractivity contribution in [2.45, 2.75) is 71.1 Å². The summed E-state index contributed by atoms with van der Waals surface area (Å²) in [6.07, 6.45) is 7.96. The second-order valence-electron chi connectivity index (χ2n) is 10.9. The highest BCUT2D eigenvalue weighted by Gasteiger charge is 2.54. The molecular weight excluding hydrogens is 426 g/mol. The van der Waals surface area contributed by atoms with Crippen LogP contribution in [0.4, 0.5) is 0 Å². The van der Waals surface area contributed by atoms with Crippen LogP contribution in [-0.4, -0.2) is 31.1 Å². The largest absolute Gasteiger partial charge is 0.492 e. The van der Waals surface area contributed by atoms with Crippen LogP contribution in [0.25, 0.3) is 0 Å². The number of nitrogens with zero attached hydrogens (tertiary/aromatic N) is 1. The minimum absolute atomic E-state index is 0.487. The number of halogens is 1. The highest BCUT2D eigenvalue weighted by atomic mass is 35.5. The third-order valence-electron chi connectivity index (χ3n) is 9.38. The van der Waals surface area contributed by atoms with Gasteiger partial charge in [-0.3, -0.25) is 0 Å². The fraction of sp³-hybridized carbons (Fsp3) is 0.600. The van der Waals surface area contributed by atoms with E-state index in [0.29, 0.717) is 17.3 Å². The highest BCUT2D eigenvalue weighted by molar-refractivity contribution is 6.31. The quantitative estimate of drug-likeness (QED) is 0.415. The molecule has 0 aliphatic heterocycles. The van der Waals surface area contributed by atoms with Crippen molar-refractivity contribution in [1.29, 1.82) is 0 Å². The molecule has 2 nitrogen and oxygen atoms in total. The second kappa shape index (κ2) is 9.62. The lowest BCUT2D eigenvalue weighted by molar-refractivity contribution is 0.0432. The summed E-state index contributed by atoms with van der Waals surface area (Å²) in [4.78, 5) is 2.40. The van der Waals surface area contributed by atoms with Crippen LogP contribution in [0.1, 0.15) is 81.4 Å². The number of fused-ring (bicyclic) bond motifs is 5. The van der Waals surface area contributed by atoms with Gasteiger partial charge in [-0.15, -0.1) is 0 Å². The van der Waals surface area contributed by atoms with E-state index in [1.807, 2.05) is 0 Å². The molecule has 0 aromatic heterocycles. The molecule has 0 radical (unpaired) electrons. The third-order valence-corrected chi connectivity index (χ3v) is 9.73. The van der Waals surface area contributed by atoms with Crippen molar-refractivity contribution >= 4 is 11.6 Å². The summed E-state index contributed by atoms with van der Waals surface area (Å²) >= 11 is 6.70. The van der Waals surface area contributed by atoms with E-state index in [1.54, 1.807) is 0 Å². The summed E-state index contributed by atoms with van der Waals surface area (Å²) in [6.45, 7) is 10.9. The van der Waals surface area contributed by atoms with Crippen LogP contribution in [0, 0.1) is 17.3 Å². The number of hydrogen-bond acceptors (Lipinski definition) is 2. The minimum Gasteiger partial charge on any atom is -0.492 e. The normalized spacial score (nSPS) is 30.6. The van der Waals surface area contributed by atoms with Crippen molar-refractivity contribution in [1.82, 2.24) is 4.90 Å². The van der Waals surface area contributed by atoms with E-state index in [-0.39, 0.29) is 0 Å². The minimum atomic E-state index is 0.487. The van der Waals surface area contributed by atoms with Crippen molar-refractivity contribution < 1.29 is 4.74 Å². The predicted octanol–water partition coefficient (Wildman–Crippen LogP) is 7.70. The zero-order chi connectivity index (χ0) is 23.0. The lowest BCUT2D eigenvalue weighted by atomic mass is 9.51. The third kappa shape index (κ3) is 4.34. The molecule has 3 heteroatoms. The van der Waals surface area contributed by atoms with Crippen molar-refractivity contribution in [3.63, 3.8) is 0 Å². The standard InChI is InChI=1S/C30H40ClNO/c1-4-32(5-2)18-19-33-22-13-11-21(12-14-22)26-20-30(3)17-7-9-27(30)25-16-15-23-24(29(25)26)8-6-10-28(23)31/h6,8,10-14,25-27,29H,4-5,7,9,15-20H2,1-3H3/t25-,26+,27-,29+,30-/m0/s1. The van der Waals surface area contributed by atoms with E-state index in [1.165, 1.54) is 48.8 Å². The number of rotatable bonds is 7. The van der Waals surface area contributed by atoms with Gasteiger partial charge in [0.15, 0.2) is 0 Å². The van der Waals surface area contributed by atoms with Gasteiger partial charge in [0.2, 0.25) is 0 Å². The summed E-state index contributed by atoms with van der Waals surface area (Å²) in [5, 5.41) is 0.974. The molecule has 3 aliphatic rings. The lowest BCUT2D eigenvalue weighted by Gasteiger charge is -2.53. The molecule has 33 heavy (non-hydrogen) atoms. The van der Waals surface area contributed by atoms with Gasteiger partial charge in [0, 0.05) is 11.6 Å². The number of ether oxygens (including phenoxy) is 1. The molecule has 0 N–H and O–H groups in total. The van der Waals surface area contributed by atoms with Gasteiger partial charge in [0.25, 0.3) is 0 Å². The Labute approximate surface area is 205 Å². The Morgan fingerprint density at radius 1 is 1.06 bits per heavy atom. The fourth-order valence-corrected chi connectivity index (χ4v) is 7.96. The van der Waals surface area contributed by atoms with Crippen LogP contribution >= 0.6 is 11.6 Å². The number of hydrogen-bond donors (Lipinski definition) is 0. The summed E-state index contributed by atoms with van der Waals surface area (Å²) in [7, 11) is 0. The molecule has 3 aliphatic carbocycles. The Morgan fingerprint density at radius 2 is 1.85 bits per heavy atom. The average molecular weight is 466 g/mol. The van der Waals surface area contributed by atoms with Crippen LogP contribution in [-0.2, 0) is 6.42 Å². The monoisotopic (exact) mass is 465 g/mol. The second-order valence-corrected chi connectivity index (χ2v) is 11.4. The molecule has 5 rings (SSSR count). The number of likely N-dealkylation sites (N-methyl/N-ethyl adjacent to an activating group) is 1. The van der Waals surface area contributed by atoms with E-state index in [0.717, 1.165) is 55.3 Å². The van der Waals surface area contributed by atoms with E-state index >= 15 is 0 Å². The van der Waals surface area contributed by atoms with Gasteiger partial charge >= 0.3 is 0 Å². The topological polar surface area (TPSA) is 12.5 Å². The first-order chi connectivity index (χ1) is 16.0. The first-order valence-corrected chi connectivity index (χ1v) is 13.6. The zero-order valence-corrected chi connectivity index (χ0v) is 21.4. The zero-order valence-electron chi connectivity index (χ0n) is 20.7. The molecule has 5 atom stereocenters. The molecule has 0 bridgehead atoms. The highest BCUT2D eigenvalue weighted by Crippen LogP contribution is 2.65. The van der Waals surface area contributed by atoms with Gasteiger partial charge < -0.3 is 9.64 Å². The first kappa shape index (κ1) is 23.2. The van der Waals surface area contributed by atoms with Gasteiger partial charge in [0.1, 0.15) is 12.4 Å². The van der Waals surface area contributed by atoms with Crippen LogP contribution < -0.4 is 4.74 Å². The molecule has 0 unspecified atom stereocenters. The van der Waals surface area contributed by atoms with E-state index in [2.05, 4.69) is 68.1 Å². The summed E-state index contributed by atoms with van der Waals surface area (Å²) < 4.78 is 6.09. The van der Waals surface area contributed by atoms with Gasteiger partial charge in [-0.05, 0) is 109 Å².